The molecule has 0 radical (unpaired) electrons. The molecule has 2 aliphatic rings. The molecule has 0 saturated carbocycles. The van der Waals surface area contributed by atoms with E-state index in [0.29, 0.717) is 19.8 Å². The Bertz CT molecular complexity index is 1200. The SMILES string of the molecule is CN1CN(n2ccc3cc(N4CCOc5ncnc(N)c5C4=O)ccc32)C=CC1=O. The molecule has 0 bridgehead atoms. The summed E-state index contributed by atoms with van der Waals surface area (Å²) in [5.41, 5.74) is 7.78. The number of carbonyl (C=O) groups excluding carboxylic acids is 2. The predicted molar refractivity (Wildman–Crippen MR) is 111 cm³/mol. The van der Waals surface area contributed by atoms with Crippen molar-refractivity contribution in [1.29, 1.82) is 0 Å². The maximum absolute atomic E-state index is 13.1. The fourth-order valence-corrected chi connectivity index (χ4v) is 3.67. The van der Waals surface area contributed by atoms with Crippen LogP contribution in [-0.4, -0.2) is 58.2 Å². The van der Waals surface area contributed by atoms with Crippen LogP contribution in [-0.2, 0) is 4.79 Å². The van der Waals surface area contributed by atoms with Crippen LogP contribution in [0.5, 0.6) is 5.88 Å². The van der Waals surface area contributed by atoms with E-state index >= 15 is 0 Å². The fourth-order valence-electron chi connectivity index (χ4n) is 3.67. The molecule has 10 heteroatoms. The van der Waals surface area contributed by atoms with Crippen molar-refractivity contribution < 1.29 is 14.3 Å². The second-order valence-electron chi connectivity index (χ2n) is 7.08. The number of benzene rings is 1. The first-order valence-electron chi connectivity index (χ1n) is 9.39. The van der Waals surface area contributed by atoms with E-state index in [1.165, 1.54) is 12.4 Å². The van der Waals surface area contributed by atoms with Crippen LogP contribution >= 0.6 is 0 Å². The third-order valence-electron chi connectivity index (χ3n) is 5.22. The summed E-state index contributed by atoms with van der Waals surface area (Å²) in [4.78, 5) is 36.0. The fraction of sp³-hybridized carbons (Fsp3) is 0.200. The molecule has 2 N–H and O–H groups in total. The number of rotatable bonds is 2. The number of anilines is 2. The molecule has 2 amide bonds. The maximum atomic E-state index is 13.1. The first kappa shape index (κ1) is 18.0. The van der Waals surface area contributed by atoms with Gasteiger partial charge in [0.05, 0.1) is 12.1 Å². The van der Waals surface area contributed by atoms with Crippen molar-refractivity contribution in [3.8, 4) is 5.88 Å². The normalized spacial score (nSPS) is 16.6. The van der Waals surface area contributed by atoms with Crippen molar-refractivity contribution >= 4 is 34.2 Å². The molecule has 4 heterocycles. The number of nitrogens with two attached hydrogens (primary N) is 1. The number of carbonyl (C=O) groups is 2. The number of nitrogen functional groups attached to an aromatic ring is 1. The summed E-state index contributed by atoms with van der Waals surface area (Å²) >= 11 is 0. The molecule has 0 spiro atoms. The van der Waals surface area contributed by atoms with Gasteiger partial charge in [-0.2, -0.15) is 0 Å². The van der Waals surface area contributed by atoms with E-state index in [1.807, 2.05) is 40.1 Å². The summed E-state index contributed by atoms with van der Waals surface area (Å²) in [7, 11) is 1.75. The van der Waals surface area contributed by atoms with Gasteiger partial charge in [-0.1, -0.05) is 0 Å². The van der Waals surface area contributed by atoms with Crippen molar-refractivity contribution in [3.05, 3.63) is 54.6 Å². The van der Waals surface area contributed by atoms with E-state index in [4.69, 9.17) is 10.5 Å². The first-order chi connectivity index (χ1) is 14.5. The minimum atomic E-state index is -0.293. The highest BCUT2D eigenvalue weighted by Gasteiger charge is 2.29. The van der Waals surface area contributed by atoms with Gasteiger partial charge >= 0.3 is 0 Å². The molecule has 10 nitrogen and oxygen atoms in total. The van der Waals surface area contributed by atoms with Crippen LogP contribution < -0.4 is 20.4 Å². The van der Waals surface area contributed by atoms with Crippen molar-refractivity contribution in [1.82, 2.24) is 19.5 Å². The number of hydrogen-bond donors (Lipinski definition) is 1. The molecule has 1 aromatic carbocycles. The van der Waals surface area contributed by atoms with Crippen molar-refractivity contribution in [2.45, 2.75) is 0 Å². The highest BCUT2D eigenvalue weighted by molar-refractivity contribution is 6.11. The molecule has 152 valence electrons. The third kappa shape index (κ3) is 2.81. The van der Waals surface area contributed by atoms with Crippen LogP contribution in [0.15, 0.2) is 49.1 Å². The highest BCUT2D eigenvalue weighted by Crippen LogP contribution is 2.30. The van der Waals surface area contributed by atoms with Gasteiger partial charge in [-0.3, -0.25) is 19.3 Å². The summed E-state index contributed by atoms with van der Waals surface area (Å²) in [5, 5.41) is 2.89. The Labute approximate surface area is 171 Å². The Balaban J connectivity index is 1.51. The van der Waals surface area contributed by atoms with E-state index in [2.05, 4.69) is 9.97 Å². The molecule has 2 aromatic heterocycles. The van der Waals surface area contributed by atoms with Crippen LogP contribution in [0.3, 0.4) is 0 Å². The number of fused-ring (bicyclic) bond motifs is 2. The minimum Gasteiger partial charge on any atom is -0.475 e. The third-order valence-corrected chi connectivity index (χ3v) is 5.22. The second-order valence-corrected chi connectivity index (χ2v) is 7.08. The lowest BCUT2D eigenvalue weighted by atomic mass is 10.2. The second kappa shape index (κ2) is 6.76. The first-order valence-corrected chi connectivity index (χ1v) is 9.39. The summed E-state index contributed by atoms with van der Waals surface area (Å²) in [6.45, 7) is 1.11. The molecule has 0 saturated heterocycles. The molecule has 30 heavy (non-hydrogen) atoms. The standard InChI is InChI=1S/C20H19N7O3/c1-24-12-25(6-5-16(24)28)27-7-4-13-10-14(2-3-15(13)27)26-8-9-30-19-17(20(26)29)18(21)22-11-23-19/h2-7,10-11H,8-9,12H2,1H3,(H2,21,22,23). The van der Waals surface area contributed by atoms with Crippen LogP contribution in [0.4, 0.5) is 11.5 Å². The number of ether oxygens (including phenoxy) is 1. The molecule has 0 atom stereocenters. The zero-order chi connectivity index (χ0) is 20.8. The molecule has 0 unspecified atom stereocenters. The number of likely N-dealkylation sites (N-methyl/N-ethyl adjacent to an activating group) is 1. The number of aromatic nitrogens is 3. The van der Waals surface area contributed by atoms with E-state index in [0.717, 1.165) is 16.6 Å². The van der Waals surface area contributed by atoms with Gasteiger partial charge in [0.25, 0.3) is 5.91 Å². The largest absolute Gasteiger partial charge is 0.475 e. The molecule has 0 aliphatic carbocycles. The van der Waals surface area contributed by atoms with E-state index in [1.54, 1.807) is 23.0 Å². The maximum Gasteiger partial charge on any atom is 0.267 e. The Morgan fingerprint density at radius 2 is 2.03 bits per heavy atom. The summed E-state index contributed by atoms with van der Waals surface area (Å²) < 4.78 is 7.56. The van der Waals surface area contributed by atoms with E-state index < -0.39 is 0 Å². The van der Waals surface area contributed by atoms with Crippen LogP contribution in [0.25, 0.3) is 10.9 Å². The molecule has 3 aromatic rings. The predicted octanol–water partition coefficient (Wildman–Crippen LogP) is 0.934. The topological polar surface area (TPSA) is 110 Å². The zero-order valence-electron chi connectivity index (χ0n) is 16.2. The van der Waals surface area contributed by atoms with Gasteiger partial charge in [0.2, 0.25) is 11.8 Å². The van der Waals surface area contributed by atoms with Gasteiger partial charge < -0.3 is 20.3 Å². The molecular formula is C20H19N7O3. The van der Waals surface area contributed by atoms with E-state index in [9.17, 15) is 9.59 Å². The van der Waals surface area contributed by atoms with Gasteiger partial charge in [0.15, 0.2) is 0 Å². The average molecular weight is 405 g/mol. The lowest BCUT2D eigenvalue weighted by Crippen LogP contribution is -2.44. The molecule has 0 fully saturated rings. The summed E-state index contributed by atoms with van der Waals surface area (Å²) in [5.74, 6) is -0.0219. The molecule has 5 rings (SSSR count). The van der Waals surface area contributed by atoms with Crippen LogP contribution in [0.1, 0.15) is 10.4 Å². The zero-order valence-corrected chi connectivity index (χ0v) is 16.2. The van der Waals surface area contributed by atoms with Crippen molar-refractivity contribution in [2.75, 3.05) is 42.5 Å². The van der Waals surface area contributed by atoms with Gasteiger partial charge in [-0.15, -0.1) is 0 Å². The summed E-state index contributed by atoms with van der Waals surface area (Å²) in [6, 6.07) is 7.73. The van der Waals surface area contributed by atoms with Gasteiger partial charge in [-0.25, -0.2) is 9.97 Å². The Hall–Kier alpha value is -4.08. The van der Waals surface area contributed by atoms with Gasteiger partial charge in [0, 0.05) is 36.6 Å². The number of nitrogens with zero attached hydrogens (tertiary/aromatic N) is 6. The number of hydrogen-bond acceptors (Lipinski definition) is 7. The van der Waals surface area contributed by atoms with Gasteiger partial charge in [-0.05, 0) is 24.3 Å². The Morgan fingerprint density at radius 3 is 2.87 bits per heavy atom. The Morgan fingerprint density at radius 1 is 1.17 bits per heavy atom. The highest BCUT2D eigenvalue weighted by atomic mass is 16.5. The van der Waals surface area contributed by atoms with E-state index in [-0.39, 0.29) is 29.1 Å². The monoisotopic (exact) mass is 405 g/mol. The van der Waals surface area contributed by atoms with Crippen molar-refractivity contribution in [3.63, 3.8) is 0 Å². The Kier molecular flexibility index (Phi) is 4.05. The smallest absolute Gasteiger partial charge is 0.267 e. The van der Waals surface area contributed by atoms with Crippen LogP contribution in [0, 0.1) is 0 Å². The van der Waals surface area contributed by atoms with Gasteiger partial charge in [0.1, 0.15) is 31.0 Å². The van der Waals surface area contributed by atoms with Crippen molar-refractivity contribution in [2.24, 2.45) is 0 Å². The average Bonchev–Trinajstić information content (AvgIpc) is 3.08. The lowest BCUT2D eigenvalue weighted by Gasteiger charge is -2.31. The van der Waals surface area contributed by atoms with Crippen LogP contribution in [0.2, 0.25) is 0 Å². The molecule has 2 aliphatic heterocycles. The molecular weight excluding hydrogens is 386 g/mol. The lowest BCUT2D eigenvalue weighted by molar-refractivity contribution is -0.125. The quantitative estimate of drug-likeness (QED) is 0.675. The number of amides is 2. The minimum absolute atomic E-state index is 0.0320. The summed E-state index contributed by atoms with van der Waals surface area (Å²) in [6.07, 6.45) is 6.50.